The molecule has 0 aliphatic heterocycles. The number of ether oxygens (including phenoxy) is 1. The molecule has 2 heterocycles. The van der Waals surface area contributed by atoms with Crippen LogP contribution in [0.1, 0.15) is 0 Å². The first kappa shape index (κ1) is 27.7. The van der Waals surface area contributed by atoms with E-state index in [-0.39, 0.29) is 16.6 Å². The van der Waals surface area contributed by atoms with Crippen molar-refractivity contribution in [2.75, 3.05) is 7.11 Å². The van der Waals surface area contributed by atoms with Crippen LogP contribution in [0.25, 0.3) is 65.7 Å². The van der Waals surface area contributed by atoms with Crippen LogP contribution in [-0.2, 0) is 0 Å². The summed E-state index contributed by atoms with van der Waals surface area (Å²) in [4.78, 5) is 26.0. The summed E-state index contributed by atoms with van der Waals surface area (Å²) in [5.41, 5.74) is 3.44. The van der Waals surface area contributed by atoms with E-state index < -0.39 is 0 Å². The Morgan fingerprint density at radius 2 is 1.07 bits per heavy atom. The van der Waals surface area contributed by atoms with Gasteiger partial charge in [-0.25, -0.2) is 0 Å². The minimum Gasteiger partial charge on any atom is -0.508 e. The third-order valence-electron chi connectivity index (χ3n) is 7.87. The first-order chi connectivity index (χ1) is 22.0. The smallest absolute Gasteiger partial charge is 0.201 e. The highest BCUT2D eigenvalue weighted by Crippen LogP contribution is 2.29. The van der Waals surface area contributed by atoms with E-state index in [2.05, 4.69) is 0 Å². The molecule has 0 aliphatic carbocycles. The zero-order valence-electron chi connectivity index (χ0n) is 24.2. The molecule has 0 spiro atoms. The molecule has 6 heteroatoms. The van der Waals surface area contributed by atoms with Gasteiger partial charge in [0.2, 0.25) is 10.9 Å². The highest BCUT2D eigenvalue weighted by molar-refractivity contribution is 6.07. The van der Waals surface area contributed by atoms with E-state index in [0.717, 1.165) is 27.1 Å². The van der Waals surface area contributed by atoms with Crippen LogP contribution in [0, 0.1) is 0 Å². The van der Waals surface area contributed by atoms with Crippen LogP contribution in [0.2, 0.25) is 0 Å². The third kappa shape index (κ3) is 5.08. The molecule has 45 heavy (non-hydrogen) atoms. The van der Waals surface area contributed by atoms with Gasteiger partial charge in [0.05, 0.1) is 29.0 Å². The summed E-state index contributed by atoms with van der Waals surface area (Å²) in [7, 11) is 1.61. The van der Waals surface area contributed by atoms with Crippen LogP contribution in [0.5, 0.6) is 11.5 Å². The molecule has 0 unspecified atom stereocenters. The molecule has 0 saturated carbocycles. The number of phenolic OH excluding ortho intramolecular Hbond substituents is 1. The van der Waals surface area contributed by atoms with E-state index in [1.54, 1.807) is 31.4 Å². The zero-order chi connectivity index (χ0) is 30.9. The van der Waals surface area contributed by atoms with Crippen molar-refractivity contribution in [2.45, 2.75) is 0 Å². The van der Waals surface area contributed by atoms with Crippen molar-refractivity contribution in [3.63, 3.8) is 0 Å². The fourth-order valence-electron chi connectivity index (χ4n) is 5.65. The summed E-state index contributed by atoms with van der Waals surface area (Å²) < 4.78 is 16.6. The lowest BCUT2D eigenvalue weighted by molar-refractivity contribution is 0.415. The Hall–Kier alpha value is -6.14. The van der Waals surface area contributed by atoms with Crippen LogP contribution >= 0.6 is 0 Å². The van der Waals surface area contributed by atoms with Crippen molar-refractivity contribution >= 4 is 43.5 Å². The average Bonchev–Trinajstić information content (AvgIpc) is 3.08. The summed E-state index contributed by atoms with van der Waals surface area (Å²) in [6.07, 6.45) is 2.97. The van der Waals surface area contributed by atoms with Crippen LogP contribution in [0.15, 0.2) is 152 Å². The molecule has 0 radical (unpaired) electrons. The number of rotatable bonds is 3. The molecule has 8 rings (SSSR count). The van der Waals surface area contributed by atoms with Crippen LogP contribution in [0.4, 0.5) is 0 Å². The molecular formula is C39H26O6. The number of fused-ring (bicyclic) bond motifs is 6. The van der Waals surface area contributed by atoms with Gasteiger partial charge in [-0.3, -0.25) is 9.59 Å². The predicted molar refractivity (Wildman–Crippen MR) is 179 cm³/mol. The quantitative estimate of drug-likeness (QED) is 0.207. The molecule has 6 nitrogen and oxygen atoms in total. The molecule has 1 N–H and O–H groups in total. The molecular weight excluding hydrogens is 564 g/mol. The van der Waals surface area contributed by atoms with E-state index in [4.69, 9.17) is 13.6 Å². The number of hydrogen-bond acceptors (Lipinski definition) is 6. The van der Waals surface area contributed by atoms with Crippen molar-refractivity contribution in [1.29, 1.82) is 0 Å². The van der Waals surface area contributed by atoms with Gasteiger partial charge in [0.1, 0.15) is 35.2 Å². The number of benzene rings is 6. The average molecular weight is 591 g/mol. The van der Waals surface area contributed by atoms with Gasteiger partial charge in [0, 0.05) is 0 Å². The fourth-order valence-corrected chi connectivity index (χ4v) is 5.65. The summed E-state index contributed by atoms with van der Waals surface area (Å²) >= 11 is 0. The Labute approximate surface area is 257 Å². The molecule has 2 aromatic heterocycles. The van der Waals surface area contributed by atoms with Gasteiger partial charge in [-0.2, -0.15) is 0 Å². The van der Waals surface area contributed by atoms with Crippen LogP contribution < -0.4 is 15.6 Å². The number of phenols is 1. The second-order valence-electron chi connectivity index (χ2n) is 10.6. The third-order valence-corrected chi connectivity index (χ3v) is 7.87. The highest BCUT2D eigenvalue weighted by atomic mass is 16.5. The van der Waals surface area contributed by atoms with Gasteiger partial charge in [0.15, 0.2) is 0 Å². The topological polar surface area (TPSA) is 89.9 Å². The summed E-state index contributed by atoms with van der Waals surface area (Å²) in [5, 5.41) is 14.6. The molecule has 0 atom stereocenters. The Morgan fingerprint density at radius 1 is 0.556 bits per heavy atom. The Morgan fingerprint density at radius 3 is 1.60 bits per heavy atom. The monoisotopic (exact) mass is 590 g/mol. The van der Waals surface area contributed by atoms with Crippen LogP contribution in [-0.4, -0.2) is 12.2 Å². The SMILES string of the molecule is COc1cccc(-c2coc3ccc4ccccc4c3c2=O)c1.O=c1c(-c2cccc(O)c2)coc2ccc3ccccc3c12. The summed E-state index contributed by atoms with van der Waals surface area (Å²) in [5.74, 6) is 0.829. The van der Waals surface area contributed by atoms with Gasteiger partial charge >= 0.3 is 0 Å². The molecule has 8 aromatic rings. The van der Waals surface area contributed by atoms with Crippen LogP contribution in [0.3, 0.4) is 0 Å². The molecule has 0 bridgehead atoms. The van der Waals surface area contributed by atoms with E-state index in [1.165, 1.54) is 12.5 Å². The maximum absolute atomic E-state index is 13.0. The lowest BCUT2D eigenvalue weighted by Crippen LogP contribution is -2.05. The molecule has 0 aliphatic rings. The minimum absolute atomic E-state index is 0.0312. The molecule has 6 aromatic carbocycles. The first-order valence-electron chi connectivity index (χ1n) is 14.3. The largest absolute Gasteiger partial charge is 0.508 e. The number of hydrogen-bond donors (Lipinski definition) is 1. The number of aromatic hydroxyl groups is 1. The van der Waals surface area contributed by atoms with Crippen molar-refractivity contribution in [2.24, 2.45) is 0 Å². The summed E-state index contributed by atoms with van der Waals surface area (Å²) in [6, 6.07) is 37.2. The standard InChI is InChI=1S/C20H14O3.C19H12O3/c1-22-15-7-4-6-14(11-15)17-12-23-18-10-9-13-5-2-3-8-16(13)19(18)20(17)21;20-14-6-3-5-13(10-14)16-11-22-17-9-8-12-4-1-2-7-15(12)18(17)19(16)21/h2-12H,1H3;1-11,20H. The van der Waals surface area contributed by atoms with Crippen molar-refractivity contribution in [3.05, 3.63) is 154 Å². The molecule has 0 saturated heterocycles. The van der Waals surface area contributed by atoms with E-state index in [9.17, 15) is 14.7 Å². The fraction of sp³-hybridized carbons (Fsp3) is 0.0256. The Kier molecular flexibility index (Phi) is 7.08. The van der Waals surface area contributed by atoms with Gasteiger partial charge in [0.25, 0.3) is 0 Å². The maximum Gasteiger partial charge on any atom is 0.201 e. The second-order valence-corrected chi connectivity index (χ2v) is 10.6. The predicted octanol–water partition coefficient (Wildman–Crippen LogP) is 8.94. The summed E-state index contributed by atoms with van der Waals surface area (Å²) in [6.45, 7) is 0. The number of methoxy groups -OCH3 is 1. The molecule has 0 amide bonds. The lowest BCUT2D eigenvalue weighted by atomic mass is 10.0. The first-order valence-corrected chi connectivity index (χ1v) is 14.3. The Bertz CT molecular complexity index is 2490. The van der Waals surface area contributed by atoms with Gasteiger partial charge in [-0.05, 0) is 69.1 Å². The molecule has 0 fully saturated rings. The van der Waals surface area contributed by atoms with E-state index >= 15 is 0 Å². The zero-order valence-corrected chi connectivity index (χ0v) is 24.2. The van der Waals surface area contributed by atoms with Crippen molar-refractivity contribution in [3.8, 4) is 33.8 Å². The maximum atomic E-state index is 13.0. The van der Waals surface area contributed by atoms with Crippen molar-refractivity contribution < 1.29 is 18.7 Å². The van der Waals surface area contributed by atoms with E-state index in [1.807, 2.05) is 97.1 Å². The Balaban J connectivity index is 0.000000145. The minimum atomic E-state index is -0.0938. The van der Waals surface area contributed by atoms with Crippen molar-refractivity contribution in [1.82, 2.24) is 0 Å². The highest BCUT2D eigenvalue weighted by Gasteiger charge is 2.14. The van der Waals surface area contributed by atoms with Gasteiger partial charge < -0.3 is 18.7 Å². The normalized spacial score (nSPS) is 11.0. The second kappa shape index (κ2) is 11.5. The lowest BCUT2D eigenvalue weighted by Gasteiger charge is -2.07. The van der Waals surface area contributed by atoms with Gasteiger partial charge in [-0.1, -0.05) is 84.9 Å². The molecule has 218 valence electrons. The van der Waals surface area contributed by atoms with E-state index in [0.29, 0.717) is 44.4 Å². The van der Waals surface area contributed by atoms with Gasteiger partial charge in [-0.15, -0.1) is 0 Å².